The van der Waals surface area contributed by atoms with Gasteiger partial charge in [-0.15, -0.1) is 0 Å². The smallest absolute Gasteiger partial charge is 0.308 e. The maximum absolute atomic E-state index is 12.6. The first-order chi connectivity index (χ1) is 9.88. The van der Waals surface area contributed by atoms with Gasteiger partial charge in [-0.1, -0.05) is 6.92 Å². The van der Waals surface area contributed by atoms with Gasteiger partial charge in [0.25, 0.3) is 10.2 Å². The van der Waals surface area contributed by atoms with Crippen LogP contribution in [-0.4, -0.2) is 42.9 Å². The molecule has 3 aliphatic rings. The van der Waals surface area contributed by atoms with Gasteiger partial charge in [0.1, 0.15) is 0 Å². The Labute approximate surface area is 126 Å². The number of hydrogen-bond donors (Lipinski definition) is 2. The van der Waals surface area contributed by atoms with Crippen LogP contribution in [0, 0.1) is 23.7 Å². The van der Waals surface area contributed by atoms with Crippen molar-refractivity contribution in [2.75, 3.05) is 13.1 Å². The minimum atomic E-state index is -3.57. The maximum atomic E-state index is 12.6. The molecule has 1 aliphatic heterocycles. The molecule has 21 heavy (non-hydrogen) atoms. The van der Waals surface area contributed by atoms with E-state index in [0.29, 0.717) is 19.0 Å². The number of carboxylic acid groups (broad SMARTS) is 1. The van der Waals surface area contributed by atoms with Gasteiger partial charge in [0, 0.05) is 19.1 Å². The zero-order chi connectivity index (χ0) is 15.2. The van der Waals surface area contributed by atoms with Crippen LogP contribution >= 0.6 is 0 Å². The van der Waals surface area contributed by atoms with Crippen molar-refractivity contribution in [3.63, 3.8) is 0 Å². The third-order valence-corrected chi connectivity index (χ3v) is 7.03. The molecule has 5 atom stereocenters. The highest BCUT2D eigenvalue weighted by Gasteiger charge is 2.52. The molecule has 0 aromatic heterocycles. The van der Waals surface area contributed by atoms with Gasteiger partial charge in [-0.25, -0.2) is 0 Å². The van der Waals surface area contributed by atoms with Crippen molar-refractivity contribution >= 4 is 16.2 Å². The number of carboxylic acids is 1. The standard InChI is InChI=1S/C14H24N2O4S/c1-9-3-2-6-16(8-9)21(19,20)15-13-11-5-4-10(7-11)12(13)14(17)18/h9-13,15H,2-8H2,1H3,(H,17,18). The second kappa shape index (κ2) is 5.52. The molecule has 120 valence electrons. The fourth-order valence-corrected chi connectivity index (χ4v) is 6.08. The zero-order valence-corrected chi connectivity index (χ0v) is 13.2. The predicted molar refractivity (Wildman–Crippen MR) is 77.8 cm³/mol. The van der Waals surface area contributed by atoms with Gasteiger partial charge in [-0.3, -0.25) is 4.79 Å². The van der Waals surface area contributed by atoms with Crippen molar-refractivity contribution in [1.29, 1.82) is 0 Å². The Kier molecular flexibility index (Phi) is 4.00. The molecule has 1 heterocycles. The maximum Gasteiger partial charge on any atom is 0.308 e. The molecule has 0 radical (unpaired) electrons. The first-order valence-electron chi connectivity index (χ1n) is 7.88. The number of carbonyl (C=O) groups is 1. The third kappa shape index (κ3) is 2.83. The van der Waals surface area contributed by atoms with Gasteiger partial charge < -0.3 is 5.11 Å². The number of nitrogens with one attached hydrogen (secondary N) is 1. The molecule has 2 aliphatic carbocycles. The Morgan fingerprint density at radius 2 is 1.95 bits per heavy atom. The van der Waals surface area contributed by atoms with Crippen molar-refractivity contribution in [3.8, 4) is 0 Å². The number of fused-ring (bicyclic) bond motifs is 2. The van der Waals surface area contributed by atoms with E-state index in [9.17, 15) is 18.3 Å². The SMILES string of the molecule is CC1CCCN(S(=O)(=O)NC2C3CCC(C3)C2C(=O)O)C1. The largest absolute Gasteiger partial charge is 0.481 e. The quantitative estimate of drug-likeness (QED) is 0.812. The van der Waals surface area contributed by atoms with Gasteiger partial charge in [-0.05, 0) is 49.9 Å². The fraction of sp³-hybridized carbons (Fsp3) is 0.929. The summed E-state index contributed by atoms with van der Waals surface area (Å²) < 4.78 is 29.3. The van der Waals surface area contributed by atoms with Gasteiger partial charge >= 0.3 is 5.97 Å². The van der Waals surface area contributed by atoms with E-state index in [4.69, 9.17) is 0 Å². The van der Waals surface area contributed by atoms with E-state index in [2.05, 4.69) is 11.6 Å². The van der Waals surface area contributed by atoms with Crippen molar-refractivity contribution < 1.29 is 18.3 Å². The first kappa shape index (κ1) is 15.2. The number of aliphatic carboxylic acids is 1. The summed E-state index contributed by atoms with van der Waals surface area (Å²) in [5, 5.41) is 9.41. The van der Waals surface area contributed by atoms with Crippen LogP contribution < -0.4 is 4.72 Å². The first-order valence-corrected chi connectivity index (χ1v) is 9.32. The molecule has 7 heteroatoms. The van der Waals surface area contributed by atoms with Crippen molar-refractivity contribution in [2.45, 2.75) is 45.1 Å². The van der Waals surface area contributed by atoms with E-state index in [1.54, 1.807) is 0 Å². The van der Waals surface area contributed by atoms with Crippen LogP contribution in [0.25, 0.3) is 0 Å². The van der Waals surface area contributed by atoms with E-state index in [0.717, 1.165) is 32.1 Å². The Hall–Kier alpha value is -0.660. The lowest BCUT2D eigenvalue weighted by molar-refractivity contribution is -0.144. The molecule has 0 aromatic rings. The highest BCUT2D eigenvalue weighted by atomic mass is 32.2. The molecular weight excluding hydrogens is 292 g/mol. The summed E-state index contributed by atoms with van der Waals surface area (Å²) in [6.07, 6.45) is 4.64. The number of piperidine rings is 1. The van der Waals surface area contributed by atoms with Crippen LogP contribution in [0.15, 0.2) is 0 Å². The third-order valence-electron chi connectivity index (χ3n) is 5.45. The number of nitrogens with zero attached hydrogens (tertiary/aromatic N) is 1. The van der Waals surface area contributed by atoms with Crippen LogP contribution in [0.5, 0.6) is 0 Å². The molecule has 6 nitrogen and oxygen atoms in total. The van der Waals surface area contributed by atoms with Crippen molar-refractivity contribution in [2.24, 2.45) is 23.7 Å². The Morgan fingerprint density at radius 1 is 1.24 bits per heavy atom. The van der Waals surface area contributed by atoms with E-state index >= 15 is 0 Å². The molecule has 1 saturated heterocycles. The molecule has 3 fully saturated rings. The molecule has 2 saturated carbocycles. The van der Waals surface area contributed by atoms with Crippen molar-refractivity contribution in [3.05, 3.63) is 0 Å². The van der Waals surface area contributed by atoms with Crippen LogP contribution in [-0.2, 0) is 15.0 Å². The van der Waals surface area contributed by atoms with E-state index in [1.165, 1.54) is 4.31 Å². The number of rotatable bonds is 4. The normalized spacial score (nSPS) is 40.5. The predicted octanol–water partition coefficient (Wildman–Crippen LogP) is 1.05. The molecular formula is C14H24N2O4S. The Balaban J connectivity index is 1.74. The highest BCUT2D eigenvalue weighted by Crippen LogP contribution is 2.48. The van der Waals surface area contributed by atoms with Crippen LogP contribution in [0.2, 0.25) is 0 Å². The topological polar surface area (TPSA) is 86.7 Å². The minimum absolute atomic E-state index is 0.139. The summed E-state index contributed by atoms with van der Waals surface area (Å²) in [6, 6.07) is -0.427. The van der Waals surface area contributed by atoms with E-state index < -0.39 is 28.1 Å². The van der Waals surface area contributed by atoms with Crippen LogP contribution in [0.4, 0.5) is 0 Å². The summed E-state index contributed by atoms with van der Waals surface area (Å²) in [6.45, 7) is 3.13. The van der Waals surface area contributed by atoms with Crippen molar-refractivity contribution in [1.82, 2.24) is 9.03 Å². The number of hydrogen-bond acceptors (Lipinski definition) is 3. The summed E-state index contributed by atoms with van der Waals surface area (Å²) in [4.78, 5) is 11.5. The lowest BCUT2D eigenvalue weighted by Crippen LogP contribution is -2.53. The second-order valence-corrected chi connectivity index (χ2v) is 8.65. The minimum Gasteiger partial charge on any atom is -0.481 e. The van der Waals surface area contributed by atoms with Gasteiger partial charge in [0.15, 0.2) is 0 Å². The summed E-state index contributed by atoms with van der Waals surface area (Å²) in [7, 11) is -3.57. The van der Waals surface area contributed by atoms with Crippen LogP contribution in [0.3, 0.4) is 0 Å². The van der Waals surface area contributed by atoms with E-state index in [-0.39, 0.29) is 11.8 Å². The van der Waals surface area contributed by atoms with E-state index in [1.807, 2.05) is 0 Å². The molecule has 0 aromatic carbocycles. The van der Waals surface area contributed by atoms with Gasteiger partial charge in [-0.2, -0.15) is 17.4 Å². The van der Waals surface area contributed by atoms with Gasteiger partial charge in [0.2, 0.25) is 0 Å². The average molecular weight is 316 g/mol. The van der Waals surface area contributed by atoms with Gasteiger partial charge in [0.05, 0.1) is 5.92 Å². The highest BCUT2D eigenvalue weighted by molar-refractivity contribution is 7.87. The summed E-state index contributed by atoms with van der Waals surface area (Å²) in [5.41, 5.74) is 0. The lowest BCUT2D eigenvalue weighted by Gasteiger charge is -2.34. The molecule has 0 spiro atoms. The lowest BCUT2D eigenvalue weighted by atomic mass is 9.85. The molecule has 5 unspecified atom stereocenters. The zero-order valence-electron chi connectivity index (χ0n) is 12.4. The molecule has 3 rings (SSSR count). The monoisotopic (exact) mass is 316 g/mol. The molecule has 0 amide bonds. The molecule has 2 bridgehead atoms. The summed E-state index contributed by atoms with van der Waals surface area (Å²) >= 11 is 0. The summed E-state index contributed by atoms with van der Waals surface area (Å²) in [5.74, 6) is -0.721. The fourth-order valence-electron chi connectivity index (χ4n) is 4.43. The Morgan fingerprint density at radius 3 is 2.62 bits per heavy atom. The molecule has 2 N–H and O–H groups in total. The second-order valence-electron chi connectivity index (χ2n) is 6.95. The average Bonchev–Trinajstić information content (AvgIpc) is 2.98. The Bertz CT molecular complexity index is 521. The van der Waals surface area contributed by atoms with Crippen LogP contribution in [0.1, 0.15) is 39.0 Å².